The van der Waals surface area contributed by atoms with Gasteiger partial charge in [0.25, 0.3) is 0 Å². The summed E-state index contributed by atoms with van der Waals surface area (Å²) in [6, 6.07) is 0. The largest absolute Gasteiger partial charge is 0.299 e. The molecule has 13 heavy (non-hydrogen) atoms. The lowest BCUT2D eigenvalue weighted by molar-refractivity contribution is -0.121. The van der Waals surface area contributed by atoms with Crippen LogP contribution >= 0.6 is 0 Å². The van der Waals surface area contributed by atoms with E-state index in [9.17, 15) is 13.2 Å². The minimum absolute atomic E-state index is 0.0122. The van der Waals surface area contributed by atoms with Gasteiger partial charge in [-0.3, -0.25) is 4.79 Å². The van der Waals surface area contributed by atoms with Crippen LogP contribution in [0, 0.1) is 5.92 Å². The number of rotatable bonds is 5. The zero-order valence-electron chi connectivity index (χ0n) is 8.70. The van der Waals surface area contributed by atoms with Gasteiger partial charge in [-0.2, -0.15) is 0 Å². The molecule has 0 radical (unpaired) electrons. The van der Waals surface area contributed by atoms with Gasteiger partial charge in [-0.15, -0.1) is 0 Å². The van der Waals surface area contributed by atoms with Crippen molar-refractivity contribution in [1.29, 1.82) is 0 Å². The van der Waals surface area contributed by atoms with Gasteiger partial charge in [0.05, 0.1) is 11.0 Å². The summed E-state index contributed by atoms with van der Waals surface area (Å²) in [6.45, 7) is 6.83. The number of carbonyl (C=O) groups is 1. The summed E-state index contributed by atoms with van der Waals surface area (Å²) in [5.74, 6) is -0.0617. The van der Waals surface area contributed by atoms with Gasteiger partial charge in [-0.25, -0.2) is 8.42 Å². The van der Waals surface area contributed by atoms with Crippen molar-refractivity contribution >= 4 is 15.6 Å². The summed E-state index contributed by atoms with van der Waals surface area (Å²) in [6.07, 6.45) is 0.151. The molecule has 0 rings (SSSR count). The van der Waals surface area contributed by atoms with E-state index in [1.54, 1.807) is 27.7 Å². The van der Waals surface area contributed by atoms with Gasteiger partial charge in [0, 0.05) is 12.3 Å². The molecule has 0 N–H and O–H groups in total. The van der Waals surface area contributed by atoms with Crippen LogP contribution in [0.5, 0.6) is 0 Å². The van der Waals surface area contributed by atoms with E-state index in [2.05, 4.69) is 0 Å². The number of sulfone groups is 1. The number of ketones is 1. The van der Waals surface area contributed by atoms with Crippen LogP contribution in [0.3, 0.4) is 0 Å². The van der Waals surface area contributed by atoms with Gasteiger partial charge in [0.2, 0.25) is 0 Å². The van der Waals surface area contributed by atoms with Gasteiger partial charge >= 0.3 is 0 Å². The molecular weight excluding hydrogens is 188 g/mol. The van der Waals surface area contributed by atoms with E-state index in [0.29, 0.717) is 0 Å². The Kier molecular flexibility index (Phi) is 4.61. The average Bonchev–Trinajstić information content (AvgIpc) is 1.99. The first kappa shape index (κ1) is 12.6. The molecule has 0 aromatic carbocycles. The molecule has 0 aliphatic carbocycles. The van der Waals surface area contributed by atoms with Crippen LogP contribution in [0.4, 0.5) is 0 Å². The van der Waals surface area contributed by atoms with Crippen LogP contribution in [-0.4, -0.2) is 25.2 Å². The van der Waals surface area contributed by atoms with Crippen molar-refractivity contribution in [3.63, 3.8) is 0 Å². The third-order valence-electron chi connectivity index (χ3n) is 2.00. The summed E-state index contributed by atoms with van der Waals surface area (Å²) in [4.78, 5) is 11.1. The molecule has 0 bridgehead atoms. The standard InChI is InChI=1S/C9H18O3S/c1-7(2)9(10)5-6-13(11,12)8(3)4/h7-8H,5-6H2,1-4H3. The molecule has 0 aliphatic rings. The van der Waals surface area contributed by atoms with E-state index in [1.807, 2.05) is 0 Å². The topological polar surface area (TPSA) is 51.2 Å². The Hall–Kier alpha value is -0.380. The molecule has 0 fully saturated rings. The van der Waals surface area contributed by atoms with Crippen LogP contribution in [0.1, 0.15) is 34.1 Å². The summed E-state index contributed by atoms with van der Waals surface area (Å²) >= 11 is 0. The molecule has 0 atom stereocenters. The smallest absolute Gasteiger partial charge is 0.153 e. The van der Waals surface area contributed by atoms with Crippen molar-refractivity contribution in [3.05, 3.63) is 0 Å². The van der Waals surface area contributed by atoms with Gasteiger partial charge in [0.15, 0.2) is 9.84 Å². The first-order chi connectivity index (χ1) is 5.77. The molecule has 0 heterocycles. The monoisotopic (exact) mass is 206 g/mol. The van der Waals surface area contributed by atoms with Crippen molar-refractivity contribution < 1.29 is 13.2 Å². The van der Waals surface area contributed by atoms with E-state index in [4.69, 9.17) is 0 Å². The Morgan fingerprint density at radius 3 is 1.92 bits per heavy atom. The Morgan fingerprint density at radius 2 is 1.62 bits per heavy atom. The lowest BCUT2D eigenvalue weighted by atomic mass is 10.1. The van der Waals surface area contributed by atoms with Crippen molar-refractivity contribution in [2.24, 2.45) is 5.92 Å². The molecule has 4 heteroatoms. The van der Waals surface area contributed by atoms with Crippen molar-refractivity contribution in [2.45, 2.75) is 39.4 Å². The first-order valence-electron chi connectivity index (χ1n) is 4.51. The van der Waals surface area contributed by atoms with Gasteiger partial charge < -0.3 is 0 Å². The molecule has 0 spiro atoms. The van der Waals surface area contributed by atoms with Crippen molar-refractivity contribution in [2.75, 3.05) is 5.75 Å². The maximum atomic E-state index is 11.3. The minimum atomic E-state index is -3.05. The second kappa shape index (κ2) is 4.74. The van der Waals surface area contributed by atoms with Gasteiger partial charge in [-0.05, 0) is 13.8 Å². The SMILES string of the molecule is CC(C)C(=O)CCS(=O)(=O)C(C)C. The summed E-state index contributed by atoms with van der Waals surface area (Å²) in [5.41, 5.74) is 0. The molecule has 0 aliphatic heterocycles. The van der Waals surface area contributed by atoms with Crippen LogP contribution in [0.25, 0.3) is 0 Å². The zero-order chi connectivity index (χ0) is 10.6. The van der Waals surface area contributed by atoms with Gasteiger partial charge in [-0.1, -0.05) is 13.8 Å². The quantitative estimate of drug-likeness (QED) is 0.683. The zero-order valence-corrected chi connectivity index (χ0v) is 9.52. The predicted octanol–water partition coefficient (Wildman–Crippen LogP) is 1.42. The maximum absolute atomic E-state index is 11.3. The Morgan fingerprint density at radius 1 is 1.15 bits per heavy atom. The predicted molar refractivity (Wildman–Crippen MR) is 53.4 cm³/mol. The van der Waals surface area contributed by atoms with E-state index in [0.717, 1.165) is 0 Å². The molecule has 3 nitrogen and oxygen atoms in total. The fraction of sp³-hybridized carbons (Fsp3) is 0.889. The average molecular weight is 206 g/mol. The first-order valence-corrected chi connectivity index (χ1v) is 6.23. The normalized spacial score (nSPS) is 12.5. The summed E-state index contributed by atoms with van der Waals surface area (Å²) < 4.78 is 22.6. The van der Waals surface area contributed by atoms with Crippen LogP contribution < -0.4 is 0 Å². The Labute approximate surface area is 80.4 Å². The second-order valence-corrected chi connectivity index (χ2v) is 6.46. The lowest BCUT2D eigenvalue weighted by Gasteiger charge is -2.07. The molecule has 0 unspecified atom stereocenters. The third-order valence-corrected chi connectivity index (χ3v) is 4.20. The Balaban J connectivity index is 4.12. The van der Waals surface area contributed by atoms with Crippen LogP contribution in [0.2, 0.25) is 0 Å². The van der Waals surface area contributed by atoms with E-state index in [-0.39, 0.29) is 29.1 Å². The second-order valence-electron chi connectivity index (χ2n) is 3.79. The van der Waals surface area contributed by atoms with E-state index >= 15 is 0 Å². The molecule has 0 saturated heterocycles. The minimum Gasteiger partial charge on any atom is -0.299 e. The number of hydrogen-bond donors (Lipinski definition) is 0. The summed E-state index contributed by atoms with van der Waals surface area (Å²) in [5, 5.41) is -0.382. The Bertz CT molecular complexity index is 263. The van der Waals surface area contributed by atoms with Gasteiger partial charge in [0.1, 0.15) is 5.78 Å². The molecule has 0 aromatic rings. The third kappa shape index (κ3) is 4.41. The number of carbonyl (C=O) groups excluding carboxylic acids is 1. The highest BCUT2D eigenvalue weighted by Gasteiger charge is 2.18. The highest BCUT2D eigenvalue weighted by atomic mass is 32.2. The van der Waals surface area contributed by atoms with E-state index in [1.165, 1.54) is 0 Å². The fourth-order valence-electron chi connectivity index (χ4n) is 0.767. The van der Waals surface area contributed by atoms with Crippen LogP contribution in [-0.2, 0) is 14.6 Å². The molecule has 0 amide bonds. The molecule has 0 aromatic heterocycles. The van der Waals surface area contributed by atoms with Crippen molar-refractivity contribution in [1.82, 2.24) is 0 Å². The summed E-state index contributed by atoms with van der Waals surface area (Å²) in [7, 11) is -3.05. The van der Waals surface area contributed by atoms with Crippen LogP contribution in [0.15, 0.2) is 0 Å². The lowest BCUT2D eigenvalue weighted by Crippen LogP contribution is -2.21. The van der Waals surface area contributed by atoms with Crippen molar-refractivity contribution in [3.8, 4) is 0 Å². The molecule has 78 valence electrons. The number of hydrogen-bond acceptors (Lipinski definition) is 3. The number of Topliss-reactive ketones (excluding diaryl/α,β-unsaturated/α-hetero) is 1. The van der Waals surface area contributed by atoms with E-state index < -0.39 is 9.84 Å². The molecule has 0 saturated carbocycles. The highest BCUT2D eigenvalue weighted by Crippen LogP contribution is 2.06. The maximum Gasteiger partial charge on any atom is 0.153 e. The highest BCUT2D eigenvalue weighted by molar-refractivity contribution is 7.91. The molecular formula is C9H18O3S. The fourth-order valence-corrected chi connectivity index (χ4v) is 1.72.